The van der Waals surface area contributed by atoms with Gasteiger partial charge < -0.3 is 0 Å². The first-order valence-corrected chi connectivity index (χ1v) is 18.3. The average molecular weight is 681 g/mol. The minimum Gasteiger partial charge on any atom is -0.0463 e. The number of ketones is 1. The third-order valence-electron chi connectivity index (χ3n) is 8.50. The van der Waals surface area contributed by atoms with Crippen molar-refractivity contribution in [2.24, 2.45) is 17.8 Å². The van der Waals surface area contributed by atoms with Crippen molar-refractivity contribution in [1.82, 2.24) is 0 Å². The normalized spacial score (nSPS) is 26.3. The number of carbonyl (C=O) groups is 3. The molecule has 2 aliphatic rings. The predicted molar refractivity (Wildman–Crippen MR) is 174 cm³/mol. The van der Waals surface area contributed by atoms with E-state index in [1.165, 1.54) is 24.6 Å². The van der Waals surface area contributed by atoms with E-state index in [1.807, 2.05) is 31.2 Å². The second-order valence-corrected chi connectivity index (χ2v) is 14.7. The van der Waals surface area contributed by atoms with Crippen molar-refractivity contribution in [3.63, 3.8) is 0 Å². The molecule has 1 aromatic rings. The SMILES string of the molecule is [2H]C([2H])([2H])[C@H](CCCC)CC(=O)/C=C/[C@@H]1[C@@H](CCCCCC([Se]c2ccccc2)C(=O)OC)[C@@H](OC(C)=O)C[C@H]1OC1CCCCO1. The summed E-state index contributed by atoms with van der Waals surface area (Å²) in [4.78, 5) is 37.7. The molecule has 7 atom stereocenters. The Morgan fingerprint density at radius 1 is 1.09 bits per heavy atom. The van der Waals surface area contributed by atoms with Crippen molar-refractivity contribution in [3.05, 3.63) is 42.5 Å². The third kappa shape index (κ3) is 12.8. The van der Waals surface area contributed by atoms with Crippen molar-refractivity contribution < 1.29 is 37.4 Å². The van der Waals surface area contributed by atoms with Crippen LogP contribution in [0.5, 0.6) is 0 Å². The maximum absolute atomic E-state index is 13.1. The van der Waals surface area contributed by atoms with Gasteiger partial charge in [0.25, 0.3) is 0 Å². The summed E-state index contributed by atoms with van der Waals surface area (Å²) in [6.07, 6.45) is 11.9. The standard InChI is InChI=1S/C36H54O7Se/c1-5-6-15-26(2)24-28(38)21-22-31-30(32(42-27(3)37)25-33(31)43-35-20-13-14-23-41-35)18-11-8-12-19-34(36(39)40-4)44-29-16-9-7-10-17-29/h7,9-10,16-17,21-22,26,30-35H,5-6,8,11-15,18-20,23-25H2,1-4H3/b22-21+/t26-,30-,31-,32+,33-,34?,35?/m1/s1/i2D3. The van der Waals surface area contributed by atoms with Gasteiger partial charge in [0.2, 0.25) is 0 Å². The topological polar surface area (TPSA) is 88.1 Å². The number of rotatable bonds is 19. The van der Waals surface area contributed by atoms with E-state index < -0.39 is 12.8 Å². The number of carbonyl (C=O) groups excluding carboxylic acids is 3. The van der Waals surface area contributed by atoms with E-state index in [0.29, 0.717) is 19.4 Å². The molecule has 2 unspecified atom stereocenters. The summed E-state index contributed by atoms with van der Waals surface area (Å²) in [5.74, 6) is -1.67. The number of allylic oxidation sites excluding steroid dienone is 1. The number of unbranched alkanes of at least 4 members (excludes halogenated alkanes) is 3. The Morgan fingerprint density at radius 3 is 2.59 bits per heavy atom. The molecule has 1 saturated carbocycles. The number of hydrogen-bond acceptors (Lipinski definition) is 7. The van der Waals surface area contributed by atoms with Gasteiger partial charge in [-0.2, -0.15) is 0 Å². The first-order chi connectivity index (χ1) is 22.5. The Bertz CT molecular complexity index is 1120. The molecule has 246 valence electrons. The number of methoxy groups -OCH3 is 1. The van der Waals surface area contributed by atoms with E-state index >= 15 is 0 Å². The van der Waals surface area contributed by atoms with Gasteiger partial charge >= 0.3 is 214 Å². The average Bonchev–Trinajstić information content (AvgIpc) is 3.35. The van der Waals surface area contributed by atoms with Crippen molar-refractivity contribution >= 4 is 37.1 Å². The molecule has 1 saturated heterocycles. The van der Waals surface area contributed by atoms with Gasteiger partial charge in [-0.15, -0.1) is 0 Å². The molecule has 0 N–H and O–H groups in total. The quantitative estimate of drug-likeness (QED) is 0.0692. The summed E-state index contributed by atoms with van der Waals surface area (Å²) in [6.45, 7) is 1.88. The van der Waals surface area contributed by atoms with Crippen molar-refractivity contribution in [3.8, 4) is 0 Å². The zero-order valence-corrected chi connectivity index (χ0v) is 28.5. The van der Waals surface area contributed by atoms with E-state index in [4.69, 9.17) is 23.1 Å². The maximum atomic E-state index is 13.1. The zero-order chi connectivity index (χ0) is 34.2. The molecule has 0 amide bonds. The Balaban J connectivity index is 1.70. The van der Waals surface area contributed by atoms with Crippen molar-refractivity contribution in [2.45, 2.75) is 127 Å². The fourth-order valence-electron chi connectivity index (χ4n) is 6.23. The minimum absolute atomic E-state index is 0.0243. The monoisotopic (exact) mass is 681 g/mol. The van der Waals surface area contributed by atoms with Crippen LogP contribution >= 0.6 is 0 Å². The van der Waals surface area contributed by atoms with Gasteiger partial charge in [-0.3, -0.25) is 0 Å². The van der Waals surface area contributed by atoms with E-state index in [0.717, 1.165) is 64.2 Å². The van der Waals surface area contributed by atoms with Gasteiger partial charge in [0.05, 0.1) is 0 Å². The van der Waals surface area contributed by atoms with Crippen LogP contribution in [0.2, 0.25) is 4.82 Å². The summed E-state index contributed by atoms with van der Waals surface area (Å²) in [6, 6.07) is 10.0. The molecule has 7 nitrogen and oxygen atoms in total. The third-order valence-corrected chi connectivity index (χ3v) is 11.1. The van der Waals surface area contributed by atoms with Gasteiger partial charge in [0.15, 0.2) is 0 Å². The molecule has 1 aromatic carbocycles. The summed E-state index contributed by atoms with van der Waals surface area (Å²) in [5, 5.41) is 0. The van der Waals surface area contributed by atoms with Gasteiger partial charge in [-0.1, -0.05) is 33.0 Å². The number of benzene rings is 1. The molecule has 0 bridgehead atoms. The Labute approximate surface area is 275 Å². The predicted octanol–water partition coefficient (Wildman–Crippen LogP) is 6.75. The molecule has 1 aliphatic heterocycles. The van der Waals surface area contributed by atoms with Crippen LogP contribution in [0, 0.1) is 17.8 Å². The Kier molecular flexibility index (Phi) is 14.7. The van der Waals surface area contributed by atoms with Gasteiger partial charge in [-0.05, 0) is 18.8 Å². The first-order valence-electron chi connectivity index (χ1n) is 18.0. The fourth-order valence-corrected chi connectivity index (χ4v) is 8.58. The second-order valence-electron chi connectivity index (χ2n) is 12.0. The van der Waals surface area contributed by atoms with Crippen LogP contribution in [-0.4, -0.2) is 64.9 Å². The first kappa shape index (κ1) is 32.0. The number of hydrogen-bond donors (Lipinski definition) is 0. The molecule has 1 heterocycles. The van der Waals surface area contributed by atoms with E-state index in [1.54, 1.807) is 0 Å². The smallest absolute Gasteiger partial charge is 0.0463 e. The van der Waals surface area contributed by atoms with Crippen LogP contribution in [0.4, 0.5) is 0 Å². The molecule has 44 heavy (non-hydrogen) atoms. The fraction of sp³-hybridized carbons (Fsp3) is 0.694. The van der Waals surface area contributed by atoms with E-state index in [9.17, 15) is 14.4 Å². The van der Waals surface area contributed by atoms with Gasteiger partial charge in [0.1, 0.15) is 0 Å². The Morgan fingerprint density at radius 2 is 1.91 bits per heavy atom. The van der Waals surface area contributed by atoms with E-state index in [2.05, 4.69) is 12.1 Å². The molecule has 8 heteroatoms. The van der Waals surface area contributed by atoms with Crippen LogP contribution in [0.1, 0.15) is 108 Å². The summed E-state index contributed by atoms with van der Waals surface area (Å²) < 4.78 is 48.3. The van der Waals surface area contributed by atoms with Crippen LogP contribution in [0.3, 0.4) is 0 Å². The van der Waals surface area contributed by atoms with Gasteiger partial charge in [0, 0.05) is 10.7 Å². The number of ether oxygens (including phenoxy) is 4. The molecular weight excluding hydrogens is 623 g/mol. The van der Waals surface area contributed by atoms with Crippen LogP contribution in [0.15, 0.2) is 42.5 Å². The molecular formula is C36H54O7Se. The van der Waals surface area contributed by atoms with Crippen LogP contribution in [0.25, 0.3) is 0 Å². The number of esters is 2. The summed E-state index contributed by atoms with van der Waals surface area (Å²) in [5.41, 5.74) is 0. The molecule has 1 aliphatic carbocycles. The zero-order valence-electron chi connectivity index (χ0n) is 29.7. The summed E-state index contributed by atoms with van der Waals surface area (Å²) in [7, 11) is 1.44. The van der Waals surface area contributed by atoms with Crippen molar-refractivity contribution in [2.75, 3.05) is 13.7 Å². The van der Waals surface area contributed by atoms with Gasteiger partial charge in [-0.25, -0.2) is 0 Å². The molecule has 0 spiro atoms. The molecule has 3 rings (SSSR count). The molecule has 0 aromatic heterocycles. The van der Waals surface area contributed by atoms with Crippen LogP contribution in [-0.2, 0) is 33.3 Å². The molecule has 2 fully saturated rings. The van der Waals surface area contributed by atoms with Crippen LogP contribution < -0.4 is 4.46 Å². The Hall–Kier alpha value is -1.99. The molecule has 0 radical (unpaired) electrons. The van der Waals surface area contributed by atoms with Crippen molar-refractivity contribution in [1.29, 1.82) is 0 Å². The summed E-state index contributed by atoms with van der Waals surface area (Å²) >= 11 is -0.0243. The second kappa shape index (κ2) is 20.2. The minimum atomic E-state index is -2.19. The van der Waals surface area contributed by atoms with E-state index in [-0.39, 0.29) is 74.2 Å².